The quantitative estimate of drug-likeness (QED) is 0.0274. The van der Waals surface area contributed by atoms with Gasteiger partial charge in [-0.25, -0.2) is 75.4 Å². The number of hydrogen-bond acceptors (Lipinski definition) is 54. The van der Waals surface area contributed by atoms with Gasteiger partial charge in [-0.3, -0.25) is 73.2 Å². The number of rotatable bonds is 46. The number of anilines is 2. The van der Waals surface area contributed by atoms with Gasteiger partial charge in [0.25, 0.3) is 20.0 Å². The first-order chi connectivity index (χ1) is 55.5. The predicted octanol–water partition coefficient (Wildman–Crippen LogP) is -10.2. The maximum atomic E-state index is 13.8. The van der Waals surface area contributed by atoms with Crippen molar-refractivity contribution in [2.45, 2.75) is 134 Å². The summed E-state index contributed by atoms with van der Waals surface area (Å²) in [6, 6.07) is 4.48. The van der Waals surface area contributed by atoms with Crippen LogP contribution in [0.2, 0.25) is 0 Å². The largest absolute Gasteiger partial charge is 0.462 e. The molecule has 124 heavy (non-hydrogen) atoms. The Hall–Kier alpha value is -4.52. The Bertz CT molecular complexity index is 5730. The second kappa shape index (κ2) is 39.9. The van der Waals surface area contributed by atoms with Gasteiger partial charge in [0.05, 0.1) is 26.4 Å². The predicted molar refractivity (Wildman–Crippen MR) is 367 cm³/mol. The molecule has 4 fully saturated rings. The lowest BCUT2D eigenvalue weighted by Crippen LogP contribution is -2.67. The van der Waals surface area contributed by atoms with Gasteiger partial charge in [-0.05, 0) is 55.5 Å². The van der Waals surface area contributed by atoms with E-state index >= 15 is 0 Å². The lowest BCUT2D eigenvalue weighted by Gasteiger charge is -2.48. The monoisotopic (exact) mass is 2140 g/mol. The van der Waals surface area contributed by atoms with Crippen molar-refractivity contribution in [3.8, 4) is 11.5 Å². The van der Waals surface area contributed by atoms with Gasteiger partial charge in [0.15, 0.2) is 41.6 Å². The maximum absolute atomic E-state index is 13.8. The maximum Gasteiger partial charge on any atom is 0.397 e. The van der Waals surface area contributed by atoms with Crippen LogP contribution in [-0.2, 0) is 253 Å². The second-order valence-electron chi connectivity index (χ2n) is 23.3. The van der Waals surface area contributed by atoms with Crippen LogP contribution in [0.3, 0.4) is 0 Å². The third kappa shape index (κ3) is 37.0. The Kier molecular flexibility index (Phi) is 34.8. The van der Waals surface area contributed by atoms with E-state index in [-0.39, 0.29) is 0 Å². The number of ether oxygens (including phenoxy) is 8. The molecule has 4 saturated heterocycles. The van der Waals surface area contributed by atoms with E-state index in [9.17, 15) is 198 Å². The number of benzene rings is 2. The molecule has 4 aliphatic rings. The molecule has 0 radical (unpaired) electrons. The van der Waals surface area contributed by atoms with E-state index in [1.807, 2.05) is 0 Å². The van der Waals surface area contributed by atoms with Gasteiger partial charge in [0.2, 0.25) is 12.6 Å². The zero-order valence-corrected chi connectivity index (χ0v) is 71.5. The van der Waals surface area contributed by atoms with E-state index in [0.717, 1.165) is 0 Å². The second-order valence-corrected chi connectivity index (χ2v) is 42.4. The molecule has 0 bridgehead atoms. The van der Waals surface area contributed by atoms with Gasteiger partial charge < -0.3 is 37.9 Å². The van der Waals surface area contributed by atoms with Crippen molar-refractivity contribution in [2.24, 2.45) is 0 Å². The van der Waals surface area contributed by atoms with Crippen molar-refractivity contribution in [2.75, 3.05) is 35.9 Å². The van der Waals surface area contributed by atoms with E-state index in [2.05, 4.69) is 58.6 Å². The minimum absolute atomic E-state index is 0.443. The zero-order valence-electron chi connectivity index (χ0n) is 58.4. The topological polar surface area (TPSA) is 1060 Å². The third-order valence-electron chi connectivity index (χ3n) is 14.4. The fourth-order valence-electron chi connectivity index (χ4n) is 10.3. The summed E-state index contributed by atoms with van der Waals surface area (Å²) in [4.78, 5) is 0. The first-order valence-electron chi connectivity index (χ1n) is 30.0. The third-order valence-corrected chi connectivity index (χ3v) is 25.1. The molecule has 4 heterocycles. The average molecular weight is 2140 g/mol. The molecule has 2 aromatic carbocycles. The molecule has 2 aromatic rings. The van der Waals surface area contributed by atoms with E-state index in [0.29, 0.717) is 55.5 Å². The van der Waals surface area contributed by atoms with Crippen LogP contribution in [0, 0.1) is 0 Å². The lowest BCUT2D eigenvalue weighted by molar-refractivity contribution is -0.340. The summed E-state index contributed by atoms with van der Waals surface area (Å²) < 4.78 is 633. The highest BCUT2D eigenvalue weighted by Gasteiger charge is 2.62. The van der Waals surface area contributed by atoms with E-state index in [1.54, 1.807) is 9.44 Å². The first-order valence-corrected chi connectivity index (χ1v) is 52.2. The summed E-state index contributed by atoms with van der Waals surface area (Å²) in [7, 11) is -97.7. The van der Waals surface area contributed by atoms with Gasteiger partial charge in [0, 0.05) is 11.4 Å². The standard InChI is InChI=1S/C38H56N2O68S16/c1-14(109(41,42)39-15-2-6-17(7-3-15)91-35-31(105-121(75,76)77)27(101-117(63,64)65)23(19(93-35)10-87-111(45,46)47)97-37-33(107-123(81,82)83)29(103-119(69,70)71)25(99-115(57,58)59)21(95-37)12-89-113(51,52)53)110(43,44)40-16-4-8-18(9-5-16)92-36-32(106-122(78,79)80)28(102-118(66,67)68)24(20(94-36)11-88-112(48,49)50)98-38-34(108-124(84,85)86)30(104-120(72,73)74)26(100-116(60,61)62)22(96-38)13-90-114(54,55)56/h2-9,14,19-40H,10-13H2,1H3,(H,45,46,47)(H,48,49,50)(H,51,52,53)(H,54,55,56)(H,57,58,59)(H,60,61,62)(H,63,64,65)(H,66,67,68)(H,69,70,71)(H,72,73,74)(H,75,76,77)(H,78,79,80)(H,81,82,83)(H,84,85,86)/t19-,20-,21-,22-,23-,24-,25-,26-,27+,28+,29+,30+,31-,32-,33-,34-,35-,36-,37-,38-/m1/s1. The van der Waals surface area contributed by atoms with Crippen LogP contribution in [0.15, 0.2) is 48.5 Å². The molecule has 70 nitrogen and oxygen atoms in total. The summed E-state index contributed by atoms with van der Waals surface area (Å²) in [6.45, 7) is -7.64. The SMILES string of the molecule is CC(S(=O)(=O)Nc1ccc(O[C@@H]2O[C@H](COS(=O)(=O)O)[C@@H](O[C@H]3O[C@H](COS(=O)(=O)O)[C@@H](OS(=O)(=O)O)[C@H](OS(=O)(=O)O)[C@H]3OS(=O)(=O)O)[C@H](OS(=O)(=O)O)[C@H]2OS(=O)(=O)O)cc1)S(=O)(=O)Nc1ccc(O[C@@H]2O[C@H](COS(=O)(=O)O)[C@@H](O[C@H]3O[C@H](COS(=O)(=O)O)[C@@H](OS(=O)(=O)O)[C@H](OS(=O)(=O)O)[C@H]3OS(=O)(=O)O)[C@H](OS(=O)(=O)O)[C@H]2OS(=O)(=O)O)cc1. The first kappa shape index (κ1) is 108. The van der Waals surface area contributed by atoms with Gasteiger partial charge >= 0.3 is 146 Å². The highest BCUT2D eigenvalue weighted by molar-refractivity contribution is 8.10. The van der Waals surface area contributed by atoms with Gasteiger partial charge in [0.1, 0.15) is 84.7 Å². The van der Waals surface area contributed by atoms with E-state index in [1.165, 1.54) is 0 Å². The molecule has 6 rings (SSSR count). The summed E-state index contributed by atoms with van der Waals surface area (Å²) in [5, 5.41) is 0. The van der Waals surface area contributed by atoms with Crippen molar-refractivity contribution < 1.29 is 295 Å². The minimum atomic E-state index is -6.39. The zero-order chi connectivity index (χ0) is 94.9. The number of hydrogen-bond donors (Lipinski definition) is 16. The highest BCUT2D eigenvalue weighted by atomic mass is 32.3. The van der Waals surface area contributed by atoms with Crippen molar-refractivity contribution in [3.05, 3.63) is 48.5 Å². The summed E-state index contributed by atoms with van der Waals surface area (Å²) >= 11 is 0. The van der Waals surface area contributed by atoms with Crippen LogP contribution >= 0.6 is 0 Å². The minimum Gasteiger partial charge on any atom is -0.462 e. The summed E-state index contributed by atoms with van der Waals surface area (Å²) in [6.07, 6.45) is -65.4. The molecule has 86 heteroatoms. The molecule has 16 N–H and O–H groups in total. The summed E-state index contributed by atoms with van der Waals surface area (Å²) in [5.41, 5.74) is -1.54. The van der Waals surface area contributed by atoms with Gasteiger partial charge in [-0.15, -0.1) is 0 Å². The molecular weight excluding hydrogens is 2090 g/mol. The molecule has 0 unspecified atom stereocenters. The Morgan fingerprint density at radius 1 is 0.250 bits per heavy atom. The number of nitrogens with one attached hydrogen (secondary N) is 2. The van der Waals surface area contributed by atoms with Crippen LogP contribution in [0.5, 0.6) is 11.5 Å². The Morgan fingerprint density at radius 3 is 0.637 bits per heavy atom. The highest BCUT2D eigenvalue weighted by Crippen LogP contribution is 2.41. The fraction of sp³-hybridized carbons (Fsp3) is 0.684. The van der Waals surface area contributed by atoms with Crippen molar-refractivity contribution in [3.63, 3.8) is 0 Å². The molecule has 0 spiro atoms. The van der Waals surface area contributed by atoms with Crippen LogP contribution in [0.25, 0.3) is 0 Å². The Morgan fingerprint density at radius 2 is 0.427 bits per heavy atom. The smallest absolute Gasteiger partial charge is 0.397 e. The molecule has 20 atom stereocenters. The molecule has 0 saturated carbocycles. The molecule has 0 aliphatic carbocycles. The average Bonchev–Trinajstić information content (AvgIpc) is 0.757. The van der Waals surface area contributed by atoms with Crippen molar-refractivity contribution >= 4 is 177 Å². The fourth-order valence-corrected chi connectivity index (χ4v) is 19.4. The molecule has 4 aliphatic heterocycles. The molecule has 722 valence electrons. The molecular formula is C38H56N2O68S16. The lowest BCUT2D eigenvalue weighted by atomic mass is 9.97. The molecule has 0 aromatic heterocycles. The summed E-state index contributed by atoms with van der Waals surface area (Å²) in [5.74, 6) is -1.85. The van der Waals surface area contributed by atoms with E-state index in [4.69, 9.17) is 37.9 Å². The van der Waals surface area contributed by atoms with E-state index < -0.39 is 342 Å². The van der Waals surface area contributed by atoms with Crippen LogP contribution < -0.4 is 18.9 Å². The van der Waals surface area contributed by atoms with Gasteiger partial charge in [-0.2, -0.15) is 118 Å². The molecule has 0 amide bonds. The van der Waals surface area contributed by atoms with Crippen molar-refractivity contribution in [1.29, 1.82) is 0 Å². The van der Waals surface area contributed by atoms with Crippen LogP contribution in [-0.4, -0.2) is 352 Å². The van der Waals surface area contributed by atoms with Crippen LogP contribution in [0.1, 0.15) is 6.92 Å². The normalized spacial score (nSPS) is 28.8. The van der Waals surface area contributed by atoms with Crippen molar-refractivity contribution in [1.82, 2.24) is 0 Å². The Labute approximate surface area is 697 Å². The van der Waals surface area contributed by atoms with Gasteiger partial charge in [-0.1, -0.05) is 0 Å². The Balaban J connectivity index is 1.33. The number of sulfonamides is 2. The van der Waals surface area contributed by atoms with Crippen LogP contribution in [0.4, 0.5) is 11.4 Å².